The Balaban J connectivity index is 1.12. The number of rotatable bonds is 37. The Morgan fingerprint density at radius 2 is 1.15 bits per heavy atom. The third kappa shape index (κ3) is 18.7. The molecule has 68 heavy (non-hydrogen) atoms. The zero-order valence-corrected chi connectivity index (χ0v) is 42.0. The molecule has 12 heteroatoms. The molecular weight excluding hydrogens is 874 g/mol. The van der Waals surface area contributed by atoms with E-state index in [-0.39, 0.29) is 39.3 Å². The second kappa shape index (κ2) is 31.5. The summed E-state index contributed by atoms with van der Waals surface area (Å²) in [4.78, 5) is 18.3. The van der Waals surface area contributed by atoms with E-state index in [1.807, 2.05) is 91.0 Å². The molecule has 5 rings (SSSR count). The summed E-state index contributed by atoms with van der Waals surface area (Å²) in [5, 5.41) is 3.66. The van der Waals surface area contributed by atoms with Crippen molar-refractivity contribution in [2.45, 2.75) is 134 Å². The molecule has 5 aromatic rings. The van der Waals surface area contributed by atoms with E-state index in [9.17, 15) is 9.36 Å². The maximum Gasteiger partial charge on any atom is 0.356 e. The molecule has 0 bridgehead atoms. The second-order valence-corrected chi connectivity index (χ2v) is 19.6. The van der Waals surface area contributed by atoms with Crippen molar-refractivity contribution < 1.29 is 32.6 Å². The molecule has 0 spiro atoms. The standard InChI is InChI=1S/C56H78N3O8P/c1-4-5-6-7-8-9-10-11-12-13-14-15-16-17-18-28-41-64-42-43-66-68(61,67-45-48-29-22-19-23-30-48)47-65-53(46-62-2)44-59-40-39-54(57-55(59)60)58-56(49-31-24-20-25-32-49,50-33-26-21-27-34-50)51-35-37-52(63-3)38-36-51/h19-27,29-40,53H,4-18,28,41-47H2,1-3H3,(H,57,58,60)/t53-,68?/m0/s1. The predicted octanol–water partition coefficient (Wildman–Crippen LogP) is 13.3. The summed E-state index contributed by atoms with van der Waals surface area (Å²) in [6.45, 7) is 3.57. The molecule has 0 radical (unpaired) electrons. The molecule has 11 nitrogen and oxygen atoms in total. The van der Waals surface area contributed by atoms with Crippen LogP contribution in [0.4, 0.5) is 5.82 Å². The minimum atomic E-state index is -3.78. The van der Waals surface area contributed by atoms with Crippen LogP contribution in [0.15, 0.2) is 132 Å². The third-order valence-corrected chi connectivity index (χ3v) is 13.8. The number of nitrogens with zero attached hydrogens (tertiary/aromatic N) is 2. The fraction of sp³-hybridized carbons (Fsp3) is 0.500. The van der Waals surface area contributed by atoms with Gasteiger partial charge in [-0.2, -0.15) is 4.98 Å². The van der Waals surface area contributed by atoms with Gasteiger partial charge in [-0.1, -0.05) is 206 Å². The van der Waals surface area contributed by atoms with E-state index in [1.165, 1.54) is 94.5 Å². The van der Waals surface area contributed by atoms with Crippen LogP contribution in [0.5, 0.6) is 5.75 Å². The van der Waals surface area contributed by atoms with Crippen molar-refractivity contribution in [2.24, 2.45) is 0 Å². The monoisotopic (exact) mass is 952 g/mol. The van der Waals surface area contributed by atoms with Crippen molar-refractivity contribution >= 4 is 13.4 Å². The fourth-order valence-electron chi connectivity index (χ4n) is 8.47. The van der Waals surface area contributed by atoms with Crippen molar-refractivity contribution in [3.63, 3.8) is 0 Å². The van der Waals surface area contributed by atoms with Crippen LogP contribution in [0.1, 0.15) is 132 Å². The first-order valence-corrected chi connectivity index (χ1v) is 26.8. The van der Waals surface area contributed by atoms with E-state index < -0.39 is 24.9 Å². The summed E-state index contributed by atoms with van der Waals surface area (Å²) in [5.74, 6) is 1.11. The van der Waals surface area contributed by atoms with Crippen LogP contribution in [-0.2, 0) is 46.5 Å². The number of benzene rings is 4. The zero-order valence-electron chi connectivity index (χ0n) is 41.1. The molecule has 1 heterocycles. The lowest BCUT2D eigenvalue weighted by Gasteiger charge is -2.37. The van der Waals surface area contributed by atoms with Gasteiger partial charge >= 0.3 is 13.3 Å². The number of hydrogen-bond donors (Lipinski definition) is 1. The lowest BCUT2D eigenvalue weighted by Crippen LogP contribution is -2.39. The zero-order chi connectivity index (χ0) is 48.0. The van der Waals surface area contributed by atoms with Gasteiger partial charge in [0.1, 0.15) is 23.5 Å². The van der Waals surface area contributed by atoms with Gasteiger partial charge in [-0.3, -0.25) is 9.13 Å². The lowest BCUT2D eigenvalue weighted by molar-refractivity contribution is -0.00254. The third-order valence-electron chi connectivity index (χ3n) is 12.3. The number of hydrogen-bond acceptors (Lipinski definition) is 10. The van der Waals surface area contributed by atoms with E-state index in [2.05, 4.69) is 41.5 Å². The smallest absolute Gasteiger partial charge is 0.356 e. The first kappa shape index (κ1) is 54.3. The summed E-state index contributed by atoms with van der Waals surface area (Å²) in [6, 6.07) is 39.3. The number of anilines is 1. The number of aromatic nitrogens is 2. The average molecular weight is 952 g/mol. The summed E-state index contributed by atoms with van der Waals surface area (Å²) in [5.41, 5.74) is 2.29. The van der Waals surface area contributed by atoms with Gasteiger partial charge in [-0.05, 0) is 46.9 Å². The quantitative estimate of drug-likeness (QED) is 0.0234. The SMILES string of the molecule is CCCCCCCCCCCCCCCCCCOCCOP(=O)(CO[C@H](COC)Cn1ccc(NC(c2ccccc2)(c2ccccc2)c2ccc(OC)cc2)nc1=O)OCc1ccccc1. The van der Waals surface area contributed by atoms with Crippen LogP contribution >= 0.6 is 7.60 Å². The van der Waals surface area contributed by atoms with Gasteiger partial charge in [-0.25, -0.2) is 4.79 Å². The Labute approximate surface area is 406 Å². The maximum atomic E-state index is 14.2. The molecule has 0 amide bonds. The maximum absolute atomic E-state index is 14.2. The van der Waals surface area contributed by atoms with Crippen LogP contribution in [0.2, 0.25) is 0 Å². The highest BCUT2D eigenvalue weighted by Crippen LogP contribution is 2.49. The Morgan fingerprint density at radius 3 is 1.68 bits per heavy atom. The number of methoxy groups -OCH3 is 2. The summed E-state index contributed by atoms with van der Waals surface area (Å²) in [6.07, 6.45) is 21.8. The van der Waals surface area contributed by atoms with Crippen LogP contribution < -0.4 is 15.7 Å². The summed E-state index contributed by atoms with van der Waals surface area (Å²) >= 11 is 0. The number of ether oxygens (including phenoxy) is 4. The first-order valence-electron chi connectivity index (χ1n) is 25.1. The number of nitrogens with one attached hydrogen (secondary N) is 1. The second-order valence-electron chi connectivity index (χ2n) is 17.6. The average Bonchev–Trinajstić information content (AvgIpc) is 3.38. The largest absolute Gasteiger partial charge is 0.497 e. The highest BCUT2D eigenvalue weighted by molar-refractivity contribution is 7.53. The molecule has 0 aliphatic carbocycles. The van der Waals surface area contributed by atoms with Gasteiger partial charge in [0.15, 0.2) is 0 Å². The van der Waals surface area contributed by atoms with Crippen molar-refractivity contribution in [3.8, 4) is 5.75 Å². The predicted molar refractivity (Wildman–Crippen MR) is 275 cm³/mol. The molecule has 1 N–H and O–H groups in total. The minimum absolute atomic E-state index is 0.0816. The molecular formula is C56H78N3O8P. The molecule has 2 atom stereocenters. The van der Waals surface area contributed by atoms with Crippen molar-refractivity contribution in [3.05, 3.63) is 160 Å². The Kier molecular flexibility index (Phi) is 25.2. The Morgan fingerprint density at radius 1 is 0.618 bits per heavy atom. The summed E-state index contributed by atoms with van der Waals surface area (Å²) < 4.78 is 50.6. The topological polar surface area (TPSA) is 119 Å². The van der Waals surface area contributed by atoms with E-state index in [0.717, 1.165) is 40.8 Å². The molecule has 0 saturated heterocycles. The van der Waals surface area contributed by atoms with Crippen LogP contribution in [0.25, 0.3) is 0 Å². The molecule has 0 aliphatic rings. The lowest BCUT2D eigenvalue weighted by atomic mass is 9.77. The molecule has 1 unspecified atom stereocenters. The van der Waals surface area contributed by atoms with Gasteiger partial charge in [0.25, 0.3) is 0 Å². The molecule has 0 aliphatic heterocycles. The molecule has 370 valence electrons. The van der Waals surface area contributed by atoms with Crippen molar-refractivity contribution in [2.75, 3.05) is 52.3 Å². The Hall–Kier alpha value is -4.61. The summed E-state index contributed by atoms with van der Waals surface area (Å²) in [7, 11) is -0.585. The van der Waals surface area contributed by atoms with Gasteiger partial charge in [0.2, 0.25) is 0 Å². The van der Waals surface area contributed by atoms with Crippen molar-refractivity contribution in [1.29, 1.82) is 0 Å². The minimum Gasteiger partial charge on any atom is -0.497 e. The van der Waals surface area contributed by atoms with Gasteiger partial charge < -0.3 is 33.3 Å². The van der Waals surface area contributed by atoms with Gasteiger partial charge in [-0.15, -0.1) is 0 Å². The highest BCUT2D eigenvalue weighted by Gasteiger charge is 2.37. The van der Waals surface area contributed by atoms with E-state index in [1.54, 1.807) is 26.5 Å². The Bertz CT molecular complexity index is 2140. The van der Waals surface area contributed by atoms with Gasteiger partial charge in [0.05, 0.1) is 46.2 Å². The number of unbranched alkanes of at least 4 members (excludes halogenated alkanes) is 15. The fourth-order valence-corrected chi connectivity index (χ4v) is 9.78. The molecule has 1 aromatic heterocycles. The van der Waals surface area contributed by atoms with Gasteiger partial charge in [0, 0.05) is 19.9 Å². The normalized spacial score (nSPS) is 13.0. The highest BCUT2D eigenvalue weighted by atomic mass is 31.2. The van der Waals surface area contributed by atoms with Crippen LogP contribution in [0, 0.1) is 0 Å². The van der Waals surface area contributed by atoms with E-state index >= 15 is 0 Å². The van der Waals surface area contributed by atoms with Crippen molar-refractivity contribution in [1.82, 2.24) is 9.55 Å². The van der Waals surface area contributed by atoms with E-state index in [0.29, 0.717) is 12.4 Å². The van der Waals surface area contributed by atoms with E-state index in [4.69, 9.17) is 28.0 Å². The van der Waals surface area contributed by atoms with Crippen LogP contribution in [0.3, 0.4) is 0 Å². The molecule has 0 saturated carbocycles. The first-order chi connectivity index (χ1) is 33.4. The molecule has 0 fully saturated rings. The van der Waals surface area contributed by atoms with Crippen LogP contribution in [-0.4, -0.2) is 62.7 Å². The molecule has 4 aromatic carbocycles.